The molecule has 1 N–H and O–H groups in total. The van der Waals surface area contributed by atoms with Crippen LogP contribution < -0.4 is 5.32 Å². The topological polar surface area (TPSA) is 21.3 Å². The monoisotopic (exact) mass is 253 g/mol. The highest BCUT2D eigenvalue weighted by Gasteiger charge is 2.34. The third-order valence-corrected chi connectivity index (χ3v) is 5.15. The molecule has 106 valence electrons. The normalized spacial score (nSPS) is 37.7. The van der Waals surface area contributed by atoms with Crippen molar-refractivity contribution in [1.29, 1.82) is 0 Å². The standard InChI is InChI=1S/C16H31NO/c1-5-16(4)12-14(8-11-18-16)17-13-6-9-15(2,3)10-7-13/h13-14,17H,5-12H2,1-4H3. The minimum Gasteiger partial charge on any atom is -0.375 e. The Morgan fingerprint density at radius 3 is 2.33 bits per heavy atom. The molecule has 0 amide bonds. The van der Waals surface area contributed by atoms with Gasteiger partial charge in [-0.25, -0.2) is 0 Å². The van der Waals surface area contributed by atoms with Crippen LogP contribution in [0.1, 0.15) is 72.6 Å². The Bertz CT molecular complexity index is 266. The SMILES string of the molecule is CCC1(C)CC(NC2CCC(C)(C)CC2)CCO1. The molecule has 1 aliphatic carbocycles. The molecule has 1 aliphatic heterocycles. The number of rotatable bonds is 3. The molecule has 2 unspecified atom stereocenters. The molecule has 2 fully saturated rings. The van der Waals surface area contributed by atoms with E-state index in [4.69, 9.17) is 4.74 Å². The molecular weight excluding hydrogens is 222 g/mol. The lowest BCUT2D eigenvalue weighted by atomic mass is 9.75. The van der Waals surface area contributed by atoms with Gasteiger partial charge in [0.2, 0.25) is 0 Å². The van der Waals surface area contributed by atoms with Crippen LogP contribution in [0.2, 0.25) is 0 Å². The van der Waals surface area contributed by atoms with Gasteiger partial charge in [-0.2, -0.15) is 0 Å². The van der Waals surface area contributed by atoms with E-state index in [1.165, 1.54) is 38.5 Å². The molecule has 0 spiro atoms. The minimum absolute atomic E-state index is 0.115. The van der Waals surface area contributed by atoms with Crippen molar-refractivity contribution in [3.8, 4) is 0 Å². The second kappa shape index (κ2) is 5.50. The Morgan fingerprint density at radius 2 is 1.72 bits per heavy atom. The zero-order valence-electron chi connectivity index (χ0n) is 12.7. The number of nitrogens with one attached hydrogen (secondary N) is 1. The molecule has 1 saturated carbocycles. The summed E-state index contributed by atoms with van der Waals surface area (Å²) < 4.78 is 5.93. The number of ether oxygens (including phenoxy) is 1. The zero-order chi connectivity index (χ0) is 13.2. The predicted molar refractivity (Wildman–Crippen MR) is 76.8 cm³/mol. The highest BCUT2D eigenvalue weighted by molar-refractivity contribution is 4.89. The zero-order valence-corrected chi connectivity index (χ0v) is 12.7. The van der Waals surface area contributed by atoms with Crippen LogP contribution in [0.15, 0.2) is 0 Å². The van der Waals surface area contributed by atoms with Crippen molar-refractivity contribution in [2.45, 2.75) is 90.3 Å². The number of hydrogen-bond donors (Lipinski definition) is 1. The van der Waals surface area contributed by atoms with E-state index < -0.39 is 0 Å². The van der Waals surface area contributed by atoms with E-state index in [0.29, 0.717) is 11.5 Å². The van der Waals surface area contributed by atoms with Crippen LogP contribution in [-0.2, 0) is 4.74 Å². The van der Waals surface area contributed by atoms with Crippen molar-refractivity contribution in [3.05, 3.63) is 0 Å². The van der Waals surface area contributed by atoms with E-state index in [9.17, 15) is 0 Å². The van der Waals surface area contributed by atoms with Crippen molar-refractivity contribution < 1.29 is 4.74 Å². The van der Waals surface area contributed by atoms with Gasteiger partial charge in [0.05, 0.1) is 5.60 Å². The van der Waals surface area contributed by atoms with Crippen LogP contribution in [0, 0.1) is 5.41 Å². The van der Waals surface area contributed by atoms with Gasteiger partial charge in [-0.3, -0.25) is 0 Å². The summed E-state index contributed by atoms with van der Waals surface area (Å²) in [7, 11) is 0. The van der Waals surface area contributed by atoms with Crippen LogP contribution in [0.3, 0.4) is 0 Å². The fourth-order valence-electron chi connectivity index (χ4n) is 3.42. The highest BCUT2D eigenvalue weighted by atomic mass is 16.5. The fraction of sp³-hybridized carbons (Fsp3) is 1.00. The lowest BCUT2D eigenvalue weighted by molar-refractivity contribution is -0.0798. The Kier molecular flexibility index (Phi) is 4.38. The molecule has 0 aromatic carbocycles. The Balaban J connectivity index is 1.80. The van der Waals surface area contributed by atoms with E-state index in [2.05, 4.69) is 33.0 Å². The molecule has 0 aromatic heterocycles. The first kappa shape index (κ1) is 14.3. The summed E-state index contributed by atoms with van der Waals surface area (Å²) in [6, 6.07) is 1.43. The van der Waals surface area contributed by atoms with E-state index in [1.54, 1.807) is 0 Å². The predicted octanol–water partition coefficient (Wildman–Crippen LogP) is 3.89. The molecule has 1 saturated heterocycles. The maximum absolute atomic E-state index is 5.93. The van der Waals surface area contributed by atoms with Gasteiger partial charge in [-0.05, 0) is 57.3 Å². The first-order chi connectivity index (χ1) is 8.42. The molecule has 2 heteroatoms. The van der Waals surface area contributed by atoms with Crippen molar-refractivity contribution in [1.82, 2.24) is 5.32 Å². The largest absolute Gasteiger partial charge is 0.375 e. The van der Waals surface area contributed by atoms with Crippen LogP contribution in [0.25, 0.3) is 0 Å². The van der Waals surface area contributed by atoms with Crippen molar-refractivity contribution >= 4 is 0 Å². The maximum atomic E-state index is 5.93. The second-order valence-corrected chi connectivity index (χ2v) is 7.45. The molecule has 2 aliphatic rings. The van der Waals surface area contributed by atoms with Crippen LogP contribution >= 0.6 is 0 Å². The summed E-state index contributed by atoms with van der Waals surface area (Å²) in [5, 5.41) is 3.91. The maximum Gasteiger partial charge on any atom is 0.0666 e. The van der Waals surface area contributed by atoms with Crippen molar-refractivity contribution in [3.63, 3.8) is 0 Å². The number of hydrogen-bond acceptors (Lipinski definition) is 2. The second-order valence-electron chi connectivity index (χ2n) is 7.45. The van der Waals surface area contributed by atoms with Crippen LogP contribution in [0.5, 0.6) is 0 Å². The molecule has 1 heterocycles. The molecular formula is C16H31NO. The summed E-state index contributed by atoms with van der Waals surface area (Å²) in [6.07, 6.45) is 8.96. The van der Waals surface area contributed by atoms with Gasteiger partial charge in [0.25, 0.3) is 0 Å². The third-order valence-electron chi connectivity index (χ3n) is 5.15. The highest BCUT2D eigenvalue weighted by Crippen LogP contribution is 2.36. The molecule has 2 nitrogen and oxygen atoms in total. The Morgan fingerprint density at radius 1 is 1.06 bits per heavy atom. The Hall–Kier alpha value is -0.0800. The Labute approximate surface area is 113 Å². The molecule has 2 rings (SSSR count). The lowest BCUT2D eigenvalue weighted by Gasteiger charge is -2.41. The van der Waals surface area contributed by atoms with Crippen molar-refractivity contribution in [2.24, 2.45) is 5.41 Å². The molecule has 0 aromatic rings. The van der Waals surface area contributed by atoms with Gasteiger partial charge < -0.3 is 10.1 Å². The lowest BCUT2D eigenvalue weighted by Crippen LogP contribution is -2.49. The van der Waals surface area contributed by atoms with Crippen molar-refractivity contribution in [2.75, 3.05) is 6.61 Å². The average Bonchev–Trinajstić information content (AvgIpc) is 2.32. The van der Waals surface area contributed by atoms with Gasteiger partial charge in [-0.15, -0.1) is 0 Å². The first-order valence-electron chi connectivity index (χ1n) is 7.82. The van der Waals surface area contributed by atoms with E-state index >= 15 is 0 Å². The third kappa shape index (κ3) is 3.71. The first-order valence-corrected chi connectivity index (χ1v) is 7.82. The summed E-state index contributed by atoms with van der Waals surface area (Å²) in [4.78, 5) is 0. The van der Waals surface area contributed by atoms with E-state index in [-0.39, 0.29) is 5.60 Å². The van der Waals surface area contributed by atoms with Crippen LogP contribution in [-0.4, -0.2) is 24.3 Å². The minimum atomic E-state index is 0.115. The molecule has 0 radical (unpaired) electrons. The average molecular weight is 253 g/mol. The van der Waals surface area contributed by atoms with E-state index in [0.717, 1.165) is 19.1 Å². The summed E-state index contributed by atoms with van der Waals surface area (Å²) in [5.41, 5.74) is 0.690. The van der Waals surface area contributed by atoms with Gasteiger partial charge in [0.15, 0.2) is 0 Å². The fourth-order valence-corrected chi connectivity index (χ4v) is 3.42. The van der Waals surface area contributed by atoms with Crippen LogP contribution in [0.4, 0.5) is 0 Å². The van der Waals surface area contributed by atoms with Gasteiger partial charge in [0.1, 0.15) is 0 Å². The molecule has 18 heavy (non-hydrogen) atoms. The van der Waals surface area contributed by atoms with Gasteiger partial charge >= 0.3 is 0 Å². The smallest absolute Gasteiger partial charge is 0.0666 e. The summed E-state index contributed by atoms with van der Waals surface area (Å²) >= 11 is 0. The van der Waals surface area contributed by atoms with E-state index in [1.807, 2.05) is 0 Å². The van der Waals surface area contributed by atoms with Gasteiger partial charge in [0, 0.05) is 18.7 Å². The molecule has 2 atom stereocenters. The quantitative estimate of drug-likeness (QED) is 0.824. The van der Waals surface area contributed by atoms with Gasteiger partial charge in [-0.1, -0.05) is 20.8 Å². The summed E-state index contributed by atoms with van der Waals surface area (Å²) in [6.45, 7) is 10.3. The molecule has 0 bridgehead atoms. The summed E-state index contributed by atoms with van der Waals surface area (Å²) in [5.74, 6) is 0.